The summed E-state index contributed by atoms with van der Waals surface area (Å²) >= 11 is 0. The maximum absolute atomic E-state index is 12.9. The van der Waals surface area contributed by atoms with E-state index in [4.69, 9.17) is 5.26 Å². The van der Waals surface area contributed by atoms with Crippen LogP contribution in [0, 0.1) is 17.2 Å². The van der Waals surface area contributed by atoms with Crippen molar-refractivity contribution >= 4 is 5.69 Å². The molecule has 1 unspecified atom stereocenters. The molecular weight excluding hydrogens is 336 g/mol. The summed E-state index contributed by atoms with van der Waals surface area (Å²) in [6.07, 6.45) is -8.35. The summed E-state index contributed by atoms with van der Waals surface area (Å²) in [5.41, 5.74) is -1.30. The van der Waals surface area contributed by atoms with Gasteiger partial charge < -0.3 is 5.32 Å². The number of alkyl halides is 6. The van der Waals surface area contributed by atoms with E-state index in [1.165, 1.54) is 17.0 Å². The molecule has 1 aliphatic heterocycles. The van der Waals surface area contributed by atoms with Gasteiger partial charge in [-0.05, 0) is 37.1 Å². The van der Waals surface area contributed by atoms with E-state index in [1.54, 1.807) is 0 Å². The number of nitrogens with one attached hydrogen (secondary N) is 1. The molecule has 132 valence electrons. The van der Waals surface area contributed by atoms with E-state index in [9.17, 15) is 26.3 Å². The van der Waals surface area contributed by atoms with Gasteiger partial charge in [0.15, 0.2) is 0 Å². The van der Waals surface area contributed by atoms with Crippen molar-refractivity contribution in [3.8, 4) is 6.07 Å². The molecule has 1 N–H and O–H groups in total. The molecule has 0 amide bonds. The third kappa shape index (κ3) is 5.03. The van der Waals surface area contributed by atoms with Crippen LogP contribution in [0.1, 0.15) is 17.5 Å². The van der Waals surface area contributed by atoms with E-state index in [0.29, 0.717) is 13.0 Å². The molecular formula is C15H15F6N3. The van der Waals surface area contributed by atoms with Gasteiger partial charge in [0, 0.05) is 18.8 Å². The standard InChI is InChI=1S/C15H15F6N3/c16-14(17,18)9-24-4-3-10(8-24)7-23-12-2-1-11(6-22)13(5-12)15(19,20)21/h1-2,5,10,23H,3-4,7-9H2. The summed E-state index contributed by atoms with van der Waals surface area (Å²) in [5, 5.41) is 11.5. The smallest absolute Gasteiger partial charge is 0.385 e. The van der Waals surface area contributed by atoms with Crippen LogP contribution in [0.4, 0.5) is 32.0 Å². The van der Waals surface area contributed by atoms with Crippen LogP contribution in [0.25, 0.3) is 0 Å². The fourth-order valence-corrected chi connectivity index (χ4v) is 2.73. The molecule has 1 aromatic carbocycles. The van der Waals surface area contributed by atoms with E-state index in [-0.39, 0.29) is 24.7 Å². The number of hydrogen-bond donors (Lipinski definition) is 1. The number of nitriles is 1. The third-order valence-electron chi connectivity index (χ3n) is 3.81. The Morgan fingerprint density at radius 3 is 2.50 bits per heavy atom. The topological polar surface area (TPSA) is 39.1 Å². The minimum absolute atomic E-state index is 0.0719. The van der Waals surface area contributed by atoms with Gasteiger partial charge in [-0.15, -0.1) is 0 Å². The molecule has 1 heterocycles. The zero-order valence-corrected chi connectivity index (χ0v) is 12.5. The van der Waals surface area contributed by atoms with E-state index in [1.807, 2.05) is 0 Å². The molecule has 0 bridgehead atoms. The number of anilines is 1. The number of hydrogen-bond acceptors (Lipinski definition) is 3. The summed E-state index contributed by atoms with van der Waals surface area (Å²) in [6, 6.07) is 4.78. The first-order valence-corrected chi connectivity index (χ1v) is 7.23. The van der Waals surface area contributed by atoms with Crippen molar-refractivity contribution in [1.82, 2.24) is 4.90 Å². The van der Waals surface area contributed by atoms with Crippen molar-refractivity contribution in [2.24, 2.45) is 5.92 Å². The maximum Gasteiger partial charge on any atom is 0.417 e. The molecule has 0 aliphatic carbocycles. The highest BCUT2D eigenvalue weighted by molar-refractivity contribution is 5.53. The summed E-state index contributed by atoms with van der Waals surface area (Å²) in [5.74, 6) is -0.0719. The van der Waals surface area contributed by atoms with E-state index in [0.717, 1.165) is 12.1 Å². The molecule has 0 spiro atoms. The Bertz CT molecular complexity index is 617. The predicted octanol–water partition coefficient (Wildman–Crippen LogP) is 3.87. The lowest BCUT2D eigenvalue weighted by Gasteiger charge is -2.18. The lowest BCUT2D eigenvalue weighted by Crippen LogP contribution is -2.33. The Morgan fingerprint density at radius 1 is 1.21 bits per heavy atom. The Hall–Kier alpha value is -1.95. The van der Waals surface area contributed by atoms with Crippen LogP contribution < -0.4 is 5.32 Å². The lowest BCUT2D eigenvalue weighted by molar-refractivity contribution is -0.143. The molecule has 1 atom stereocenters. The second-order valence-electron chi connectivity index (χ2n) is 5.76. The highest BCUT2D eigenvalue weighted by atomic mass is 19.4. The largest absolute Gasteiger partial charge is 0.417 e. The van der Waals surface area contributed by atoms with Crippen LogP contribution in [0.5, 0.6) is 0 Å². The fraction of sp³-hybridized carbons (Fsp3) is 0.533. The molecule has 3 nitrogen and oxygen atoms in total. The number of halogens is 6. The number of benzene rings is 1. The first-order chi connectivity index (χ1) is 11.1. The average molecular weight is 351 g/mol. The second kappa shape index (κ2) is 6.89. The second-order valence-corrected chi connectivity index (χ2v) is 5.76. The zero-order chi connectivity index (χ0) is 18.0. The number of nitrogens with zero attached hydrogens (tertiary/aromatic N) is 2. The molecule has 1 aromatic rings. The molecule has 0 radical (unpaired) electrons. The summed E-state index contributed by atoms with van der Waals surface area (Å²) < 4.78 is 75.6. The van der Waals surface area contributed by atoms with Crippen LogP contribution in [0.2, 0.25) is 0 Å². The molecule has 0 saturated carbocycles. The van der Waals surface area contributed by atoms with Crippen LogP contribution in [0.15, 0.2) is 18.2 Å². The number of likely N-dealkylation sites (tertiary alicyclic amines) is 1. The fourth-order valence-electron chi connectivity index (χ4n) is 2.73. The van der Waals surface area contributed by atoms with Crippen molar-refractivity contribution in [1.29, 1.82) is 5.26 Å². The van der Waals surface area contributed by atoms with Gasteiger partial charge in [0.1, 0.15) is 0 Å². The van der Waals surface area contributed by atoms with Crippen LogP contribution in [0.3, 0.4) is 0 Å². The van der Waals surface area contributed by atoms with E-state index >= 15 is 0 Å². The van der Waals surface area contributed by atoms with Crippen molar-refractivity contribution in [2.75, 3.05) is 31.5 Å². The van der Waals surface area contributed by atoms with Gasteiger partial charge in [-0.2, -0.15) is 31.6 Å². The minimum Gasteiger partial charge on any atom is -0.385 e. The van der Waals surface area contributed by atoms with Crippen molar-refractivity contribution in [3.63, 3.8) is 0 Å². The monoisotopic (exact) mass is 351 g/mol. The number of rotatable bonds is 4. The lowest BCUT2D eigenvalue weighted by atomic mass is 10.1. The van der Waals surface area contributed by atoms with Gasteiger partial charge in [-0.25, -0.2) is 0 Å². The zero-order valence-electron chi connectivity index (χ0n) is 12.5. The summed E-state index contributed by atoms with van der Waals surface area (Å²) in [6.45, 7) is -0.141. The highest BCUT2D eigenvalue weighted by Gasteiger charge is 2.35. The predicted molar refractivity (Wildman–Crippen MR) is 75.3 cm³/mol. The Kier molecular flexibility index (Phi) is 5.28. The van der Waals surface area contributed by atoms with Crippen molar-refractivity contribution in [2.45, 2.75) is 18.8 Å². The molecule has 24 heavy (non-hydrogen) atoms. The summed E-state index contributed by atoms with van der Waals surface area (Å²) in [7, 11) is 0. The van der Waals surface area contributed by atoms with Crippen molar-refractivity contribution < 1.29 is 26.3 Å². The Labute approximate surface area is 134 Å². The van der Waals surface area contributed by atoms with E-state index < -0.39 is 30.0 Å². The van der Waals surface area contributed by atoms with Gasteiger partial charge in [-0.3, -0.25) is 4.90 Å². The molecule has 1 aliphatic rings. The van der Waals surface area contributed by atoms with Gasteiger partial charge in [0.25, 0.3) is 0 Å². The van der Waals surface area contributed by atoms with Gasteiger partial charge in [-0.1, -0.05) is 0 Å². The molecule has 2 rings (SSSR count). The first kappa shape index (κ1) is 18.4. The molecule has 0 aromatic heterocycles. The minimum atomic E-state index is -4.64. The maximum atomic E-state index is 12.9. The van der Waals surface area contributed by atoms with Crippen LogP contribution >= 0.6 is 0 Å². The molecule has 1 fully saturated rings. The van der Waals surface area contributed by atoms with Gasteiger partial charge >= 0.3 is 12.4 Å². The SMILES string of the molecule is N#Cc1ccc(NCC2CCN(CC(F)(F)F)C2)cc1C(F)(F)F. The summed E-state index contributed by atoms with van der Waals surface area (Å²) in [4.78, 5) is 1.28. The Balaban J connectivity index is 1.95. The first-order valence-electron chi connectivity index (χ1n) is 7.23. The highest BCUT2D eigenvalue weighted by Crippen LogP contribution is 2.33. The quantitative estimate of drug-likeness (QED) is 0.837. The van der Waals surface area contributed by atoms with Crippen LogP contribution in [-0.4, -0.2) is 37.3 Å². The molecule has 1 saturated heterocycles. The van der Waals surface area contributed by atoms with E-state index in [2.05, 4.69) is 5.32 Å². The normalized spacial score (nSPS) is 19.3. The van der Waals surface area contributed by atoms with Gasteiger partial charge in [0.2, 0.25) is 0 Å². The Morgan fingerprint density at radius 2 is 1.92 bits per heavy atom. The van der Waals surface area contributed by atoms with Gasteiger partial charge in [0.05, 0.1) is 23.7 Å². The van der Waals surface area contributed by atoms with Crippen molar-refractivity contribution in [3.05, 3.63) is 29.3 Å². The molecule has 9 heteroatoms. The van der Waals surface area contributed by atoms with Crippen LogP contribution in [-0.2, 0) is 6.18 Å². The average Bonchev–Trinajstić information content (AvgIpc) is 2.89. The third-order valence-corrected chi connectivity index (χ3v) is 3.81.